The van der Waals surface area contributed by atoms with Crippen LogP contribution in [0.4, 0.5) is 0 Å². The smallest absolute Gasteiger partial charge is 0.187 e. The second-order valence-electron chi connectivity index (χ2n) is 8.84. The molecule has 0 bridgehead atoms. The van der Waals surface area contributed by atoms with Gasteiger partial charge in [0.15, 0.2) is 35.4 Å². The number of aryl methyl sites for hydroxylation is 1. The van der Waals surface area contributed by atoms with Crippen LogP contribution in [0.5, 0.6) is 23.0 Å². The average Bonchev–Trinajstić information content (AvgIpc) is 2.94. The zero-order valence-electron chi connectivity index (χ0n) is 21.2. The Morgan fingerprint density at radius 3 is 2.24 bits per heavy atom. The van der Waals surface area contributed by atoms with Crippen molar-refractivity contribution in [3.05, 3.63) is 47.5 Å². The minimum absolute atomic E-state index is 0.0419. The van der Waals surface area contributed by atoms with Crippen LogP contribution in [0, 0.1) is 0 Å². The van der Waals surface area contributed by atoms with Crippen LogP contribution in [0.2, 0.25) is 0 Å². The number of phenols is 1. The zero-order valence-corrected chi connectivity index (χ0v) is 21.2. The standard InChI is InChI=1S/C26H36O12/c1-34-18-11-15(6-7-16(18)30)25(38-26-24(33)23(32)22(31)20(12-28)37-26)21(13-29)36-17-8-5-14(4-3-9-27)10-19(17)35-2/h5-8,10-11,20-33H,3-4,9,12-13H2,1-2H3/t20-,21+,22-,23+,24-,25+,26+/m1/s1. The maximum Gasteiger partial charge on any atom is 0.187 e. The molecule has 2 aromatic carbocycles. The first-order chi connectivity index (χ1) is 18.3. The van der Waals surface area contributed by atoms with Crippen molar-refractivity contribution in [1.29, 1.82) is 0 Å². The Kier molecular flexibility index (Phi) is 10.9. The Hall–Kier alpha value is -2.68. The molecule has 0 unspecified atom stereocenters. The number of phenolic OH excluding ortho intramolecular Hbond substituents is 1. The van der Waals surface area contributed by atoms with Gasteiger partial charge in [0.1, 0.15) is 30.5 Å². The second-order valence-corrected chi connectivity index (χ2v) is 8.84. The van der Waals surface area contributed by atoms with E-state index in [1.807, 2.05) is 0 Å². The quantitative estimate of drug-likeness (QED) is 0.175. The van der Waals surface area contributed by atoms with Crippen molar-refractivity contribution in [2.75, 3.05) is 34.0 Å². The van der Waals surface area contributed by atoms with Crippen molar-refractivity contribution in [1.82, 2.24) is 0 Å². The van der Waals surface area contributed by atoms with E-state index in [1.54, 1.807) is 18.2 Å². The normalized spacial score (nSPS) is 25.0. The monoisotopic (exact) mass is 540 g/mol. The van der Waals surface area contributed by atoms with Crippen molar-refractivity contribution in [3.63, 3.8) is 0 Å². The van der Waals surface area contributed by atoms with Gasteiger partial charge in [0.2, 0.25) is 0 Å². The van der Waals surface area contributed by atoms with Gasteiger partial charge in [-0.3, -0.25) is 0 Å². The molecule has 1 aliphatic rings. The number of aliphatic hydroxyl groups excluding tert-OH is 6. The first-order valence-electron chi connectivity index (χ1n) is 12.2. The summed E-state index contributed by atoms with van der Waals surface area (Å²) in [6, 6.07) is 9.48. The van der Waals surface area contributed by atoms with Crippen LogP contribution in [0.25, 0.3) is 0 Å². The van der Waals surface area contributed by atoms with Crippen LogP contribution in [-0.2, 0) is 15.9 Å². The molecule has 1 saturated heterocycles. The highest BCUT2D eigenvalue weighted by molar-refractivity contribution is 5.44. The fourth-order valence-corrected chi connectivity index (χ4v) is 4.18. The van der Waals surface area contributed by atoms with Crippen molar-refractivity contribution in [2.45, 2.75) is 55.8 Å². The summed E-state index contributed by atoms with van der Waals surface area (Å²) in [6.45, 7) is -1.19. The number of hydrogen-bond acceptors (Lipinski definition) is 12. The van der Waals surface area contributed by atoms with Gasteiger partial charge < -0.3 is 59.4 Å². The molecule has 7 atom stereocenters. The lowest BCUT2D eigenvalue weighted by molar-refractivity contribution is -0.318. The lowest BCUT2D eigenvalue weighted by Crippen LogP contribution is -2.59. The summed E-state index contributed by atoms with van der Waals surface area (Å²) in [7, 11) is 2.81. The molecule has 212 valence electrons. The molecule has 38 heavy (non-hydrogen) atoms. The van der Waals surface area contributed by atoms with E-state index in [4.69, 9.17) is 28.8 Å². The predicted octanol–water partition coefficient (Wildman–Crippen LogP) is -0.368. The summed E-state index contributed by atoms with van der Waals surface area (Å²) in [5.41, 5.74) is 1.26. The fourth-order valence-electron chi connectivity index (χ4n) is 4.18. The molecule has 2 aromatic rings. The maximum atomic E-state index is 10.5. The first kappa shape index (κ1) is 29.9. The number of methoxy groups -OCH3 is 2. The topological polar surface area (TPSA) is 188 Å². The number of aliphatic hydroxyl groups is 6. The average molecular weight is 541 g/mol. The lowest BCUT2D eigenvalue weighted by atomic mass is 9.98. The van der Waals surface area contributed by atoms with Crippen molar-refractivity contribution in [3.8, 4) is 23.0 Å². The molecule has 1 heterocycles. The van der Waals surface area contributed by atoms with Gasteiger partial charge in [0, 0.05) is 6.61 Å². The molecule has 0 aromatic heterocycles. The molecule has 12 heteroatoms. The largest absolute Gasteiger partial charge is 0.504 e. The van der Waals surface area contributed by atoms with Gasteiger partial charge in [-0.2, -0.15) is 0 Å². The van der Waals surface area contributed by atoms with Crippen LogP contribution in [0.15, 0.2) is 36.4 Å². The highest BCUT2D eigenvalue weighted by Gasteiger charge is 2.46. The van der Waals surface area contributed by atoms with Crippen molar-refractivity contribution in [2.24, 2.45) is 0 Å². The molecule has 7 N–H and O–H groups in total. The number of aromatic hydroxyl groups is 1. The highest BCUT2D eigenvalue weighted by Crippen LogP contribution is 2.37. The summed E-state index contributed by atoms with van der Waals surface area (Å²) >= 11 is 0. The Bertz CT molecular complexity index is 1020. The van der Waals surface area contributed by atoms with Crippen LogP contribution < -0.4 is 14.2 Å². The Balaban J connectivity index is 1.96. The van der Waals surface area contributed by atoms with E-state index in [1.165, 1.54) is 32.4 Å². The summed E-state index contributed by atoms with van der Waals surface area (Å²) in [5.74, 6) is 0.595. The van der Waals surface area contributed by atoms with E-state index in [9.17, 15) is 30.6 Å². The number of hydrogen-bond donors (Lipinski definition) is 7. The number of benzene rings is 2. The third-order valence-electron chi connectivity index (χ3n) is 6.31. The van der Waals surface area contributed by atoms with Gasteiger partial charge in [-0.05, 0) is 48.2 Å². The number of ether oxygens (including phenoxy) is 5. The minimum Gasteiger partial charge on any atom is -0.504 e. The molecular formula is C26H36O12. The van der Waals surface area contributed by atoms with Crippen LogP contribution in [-0.4, -0.2) is 107 Å². The molecule has 12 nitrogen and oxygen atoms in total. The van der Waals surface area contributed by atoms with Crippen LogP contribution >= 0.6 is 0 Å². The number of rotatable bonds is 13. The molecular weight excluding hydrogens is 504 g/mol. The maximum absolute atomic E-state index is 10.5. The summed E-state index contributed by atoms with van der Waals surface area (Å²) < 4.78 is 28.3. The van der Waals surface area contributed by atoms with Crippen LogP contribution in [0.1, 0.15) is 23.7 Å². The first-order valence-corrected chi connectivity index (χ1v) is 12.2. The highest BCUT2D eigenvalue weighted by atomic mass is 16.7. The molecule has 0 spiro atoms. The Morgan fingerprint density at radius 2 is 1.61 bits per heavy atom. The van der Waals surface area contributed by atoms with Gasteiger partial charge in [-0.25, -0.2) is 0 Å². The zero-order chi connectivity index (χ0) is 27.8. The van der Waals surface area contributed by atoms with E-state index >= 15 is 0 Å². The molecule has 3 rings (SSSR count). The van der Waals surface area contributed by atoms with E-state index in [-0.39, 0.29) is 23.9 Å². The minimum atomic E-state index is -1.70. The Labute approximate surface area is 220 Å². The van der Waals surface area contributed by atoms with Gasteiger partial charge in [0.25, 0.3) is 0 Å². The second kappa shape index (κ2) is 13.9. The SMILES string of the molecule is COc1cc([C@H](O[C@@H]2O[C@H](CO)[C@@H](O)[C@H](O)[C@H]2O)[C@H](CO)Oc2ccc(CCCO)cc2OC)ccc1O. The Morgan fingerprint density at radius 1 is 0.868 bits per heavy atom. The van der Waals surface area contributed by atoms with Gasteiger partial charge in [-0.15, -0.1) is 0 Å². The third kappa shape index (κ3) is 6.84. The van der Waals surface area contributed by atoms with Gasteiger partial charge >= 0.3 is 0 Å². The fraction of sp³-hybridized carbons (Fsp3) is 0.538. The molecule has 0 saturated carbocycles. The van der Waals surface area contributed by atoms with E-state index in [2.05, 4.69) is 0 Å². The molecule has 1 fully saturated rings. The molecule has 0 aliphatic carbocycles. The van der Waals surface area contributed by atoms with E-state index in [0.717, 1.165) is 5.56 Å². The predicted molar refractivity (Wildman–Crippen MR) is 132 cm³/mol. The van der Waals surface area contributed by atoms with Crippen LogP contribution in [0.3, 0.4) is 0 Å². The van der Waals surface area contributed by atoms with Gasteiger partial charge in [-0.1, -0.05) is 12.1 Å². The summed E-state index contributed by atoms with van der Waals surface area (Å²) in [4.78, 5) is 0. The van der Waals surface area contributed by atoms with E-state index < -0.39 is 56.1 Å². The lowest BCUT2D eigenvalue weighted by Gasteiger charge is -2.41. The van der Waals surface area contributed by atoms with E-state index in [0.29, 0.717) is 24.2 Å². The third-order valence-corrected chi connectivity index (χ3v) is 6.31. The summed E-state index contributed by atoms with van der Waals surface area (Å²) in [5, 5.41) is 69.9. The summed E-state index contributed by atoms with van der Waals surface area (Å²) in [6.07, 6.45) is -8.82. The van der Waals surface area contributed by atoms with Crippen molar-refractivity contribution < 1.29 is 59.4 Å². The van der Waals surface area contributed by atoms with Gasteiger partial charge in [0.05, 0.1) is 27.4 Å². The van der Waals surface area contributed by atoms with Crippen molar-refractivity contribution >= 4 is 0 Å². The molecule has 0 radical (unpaired) electrons. The molecule has 1 aliphatic heterocycles. The molecule has 0 amide bonds.